The molecule has 2 aromatic rings. The van der Waals surface area contributed by atoms with E-state index in [-0.39, 0.29) is 23.6 Å². The number of nitrogens with zero attached hydrogens (tertiary/aromatic N) is 2. The van der Waals surface area contributed by atoms with Crippen LogP contribution in [-0.2, 0) is 10.7 Å². The molecule has 1 aromatic heterocycles. The standard InChI is InChI=1S/C13H12BrClFN3O/c14-7-4-9-11(5-8(7)16)19(12(6-15)18-9)10-2-1-3-17-13(10)20/h4-5,10H,1-3,6H2,(H,17,20). The number of aromatic nitrogens is 2. The predicted molar refractivity (Wildman–Crippen MR) is 78.2 cm³/mol. The normalized spacial score (nSPS) is 19.4. The van der Waals surface area contributed by atoms with E-state index in [4.69, 9.17) is 11.6 Å². The Hall–Kier alpha value is -1.14. The molecule has 1 amide bonds. The number of alkyl halides is 1. The minimum Gasteiger partial charge on any atom is -0.354 e. The summed E-state index contributed by atoms with van der Waals surface area (Å²) in [6.45, 7) is 0.679. The SMILES string of the molecule is O=C1NCCCC1n1c(CCl)nc2cc(Br)c(F)cc21. The van der Waals surface area contributed by atoms with E-state index in [2.05, 4.69) is 26.2 Å². The van der Waals surface area contributed by atoms with Crippen molar-refractivity contribution >= 4 is 44.5 Å². The van der Waals surface area contributed by atoms with Gasteiger partial charge in [-0.1, -0.05) is 0 Å². The third kappa shape index (κ3) is 2.20. The first kappa shape index (κ1) is 13.8. The lowest BCUT2D eigenvalue weighted by molar-refractivity contribution is -0.125. The lowest BCUT2D eigenvalue weighted by Gasteiger charge is -2.25. The number of rotatable bonds is 2. The zero-order chi connectivity index (χ0) is 14.3. The highest BCUT2D eigenvalue weighted by atomic mass is 79.9. The molecule has 1 aliphatic rings. The summed E-state index contributed by atoms with van der Waals surface area (Å²) in [5.41, 5.74) is 1.23. The van der Waals surface area contributed by atoms with E-state index in [1.807, 2.05) is 0 Å². The van der Waals surface area contributed by atoms with Crippen molar-refractivity contribution in [3.63, 3.8) is 0 Å². The highest BCUT2D eigenvalue weighted by Crippen LogP contribution is 2.30. The third-order valence-corrected chi connectivity index (χ3v) is 4.34. The van der Waals surface area contributed by atoms with Gasteiger partial charge in [-0.15, -0.1) is 11.6 Å². The smallest absolute Gasteiger partial charge is 0.243 e. The molecule has 1 unspecified atom stereocenters. The van der Waals surface area contributed by atoms with Gasteiger partial charge < -0.3 is 9.88 Å². The van der Waals surface area contributed by atoms with Crippen LogP contribution < -0.4 is 5.32 Å². The maximum absolute atomic E-state index is 13.8. The molecular weight excluding hydrogens is 349 g/mol. The van der Waals surface area contributed by atoms with E-state index in [1.165, 1.54) is 6.07 Å². The summed E-state index contributed by atoms with van der Waals surface area (Å²) in [4.78, 5) is 16.4. The van der Waals surface area contributed by atoms with Crippen molar-refractivity contribution in [2.75, 3.05) is 6.54 Å². The van der Waals surface area contributed by atoms with Crippen molar-refractivity contribution in [3.8, 4) is 0 Å². The second-order valence-electron chi connectivity index (χ2n) is 4.74. The summed E-state index contributed by atoms with van der Waals surface area (Å²) in [6, 6.07) is 2.63. The predicted octanol–water partition coefficient (Wildman–Crippen LogP) is 3.13. The molecule has 1 fully saturated rings. The van der Waals surface area contributed by atoms with Crippen LogP contribution in [0, 0.1) is 5.82 Å². The van der Waals surface area contributed by atoms with Gasteiger partial charge in [0.05, 0.1) is 21.4 Å². The number of halogens is 3. The maximum Gasteiger partial charge on any atom is 0.243 e. The molecule has 106 valence electrons. The summed E-state index contributed by atoms with van der Waals surface area (Å²) < 4.78 is 15.9. The molecule has 0 bridgehead atoms. The molecule has 1 saturated heterocycles. The number of benzene rings is 1. The summed E-state index contributed by atoms with van der Waals surface area (Å²) in [5.74, 6) is 0.319. The highest BCUT2D eigenvalue weighted by molar-refractivity contribution is 9.10. The Morgan fingerprint density at radius 3 is 3.05 bits per heavy atom. The van der Waals surface area contributed by atoms with Crippen LogP contribution in [0.25, 0.3) is 11.0 Å². The number of carbonyl (C=O) groups excluding carboxylic acids is 1. The average molecular weight is 361 g/mol. The maximum atomic E-state index is 13.8. The van der Waals surface area contributed by atoms with Gasteiger partial charge in [0.1, 0.15) is 17.7 Å². The Labute approximate surface area is 128 Å². The van der Waals surface area contributed by atoms with Crippen LogP contribution >= 0.6 is 27.5 Å². The topological polar surface area (TPSA) is 46.9 Å². The minimum atomic E-state index is -0.379. The van der Waals surface area contributed by atoms with Gasteiger partial charge in [0, 0.05) is 12.6 Å². The van der Waals surface area contributed by atoms with Crippen LogP contribution in [0.4, 0.5) is 4.39 Å². The highest BCUT2D eigenvalue weighted by Gasteiger charge is 2.28. The molecule has 2 heterocycles. The van der Waals surface area contributed by atoms with E-state index < -0.39 is 0 Å². The van der Waals surface area contributed by atoms with Crippen LogP contribution in [-0.4, -0.2) is 22.0 Å². The second kappa shape index (κ2) is 5.33. The van der Waals surface area contributed by atoms with Crippen LogP contribution in [0.3, 0.4) is 0 Å². The molecule has 20 heavy (non-hydrogen) atoms. The van der Waals surface area contributed by atoms with Crippen LogP contribution in [0.1, 0.15) is 24.7 Å². The fourth-order valence-corrected chi connectivity index (χ4v) is 3.10. The summed E-state index contributed by atoms with van der Waals surface area (Å²) in [6.07, 6.45) is 1.59. The van der Waals surface area contributed by atoms with Crippen molar-refractivity contribution in [3.05, 3.63) is 28.2 Å². The van der Waals surface area contributed by atoms with E-state index in [1.54, 1.807) is 10.6 Å². The van der Waals surface area contributed by atoms with Gasteiger partial charge in [-0.3, -0.25) is 4.79 Å². The fraction of sp³-hybridized carbons (Fsp3) is 0.385. The molecule has 1 N–H and O–H groups in total. The van der Waals surface area contributed by atoms with E-state index >= 15 is 0 Å². The Kier molecular flexibility index (Phi) is 3.69. The van der Waals surface area contributed by atoms with Crippen molar-refractivity contribution in [2.24, 2.45) is 0 Å². The number of nitrogens with one attached hydrogen (secondary N) is 1. The summed E-state index contributed by atoms with van der Waals surface area (Å²) in [7, 11) is 0. The fourth-order valence-electron chi connectivity index (χ4n) is 2.58. The number of hydrogen-bond acceptors (Lipinski definition) is 2. The minimum absolute atomic E-state index is 0.0646. The molecule has 3 rings (SSSR count). The van der Waals surface area contributed by atoms with Gasteiger partial charge >= 0.3 is 0 Å². The van der Waals surface area contributed by atoms with Crippen molar-refractivity contribution in [2.45, 2.75) is 24.8 Å². The van der Waals surface area contributed by atoms with Crippen LogP contribution in [0.15, 0.2) is 16.6 Å². The van der Waals surface area contributed by atoms with Crippen LogP contribution in [0.5, 0.6) is 0 Å². The Bertz CT molecular complexity index is 688. The molecule has 7 heteroatoms. The number of fused-ring (bicyclic) bond motifs is 1. The van der Waals surface area contributed by atoms with Gasteiger partial charge in [-0.25, -0.2) is 9.37 Å². The molecule has 4 nitrogen and oxygen atoms in total. The first-order valence-corrected chi connectivity index (χ1v) is 7.64. The number of hydrogen-bond donors (Lipinski definition) is 1. The monoisotopic (exact) mass is 359 g/mol. The zero-order valence-electron chi connectivity index (χ0n) is 10.5. The third-order valence-electron chi connectivity index (χ3n) is 3.49. The Morgan fingerprint density at radius 2 is 2.35 bits per heavy atom. The van der Waals surface area contributed by atoms with Crippen molar-refractivity contribution in [1.29, 1.82) is 0 Å². The molecule has 1 aromatic carbocycles. The molecule has 1 atom stereocenters. The number of piperidine rings is 1. The van der Waals surface area contributed by atoms with Crippen molar-refractivity contribution < 1.29 is 9.18 Å². The summed E-state index contributed by atoms with van der Waals surface area (Å²) >= 11 is 9.07. The quantitative estimate of drug-likeness (QED) is 0.837. The Balaban J connectivity index is 2.21. The molecule has 0 radical (unpaired) electrons. The number of carbonyl (C=O) groups is 1. The van der Waals surface area contributed by atoms with Gasteiger partial charge in [0.15, 0.2) is 0 Å². The largest absolute Gasteiger partial charge is 0.354 e. The van der Waals surface area contributed by atoms with Gasteiger partial charge in [-0.2, -0.15) is 0 Å². The van der Waals surface area contributed by atoms with Crippen molar-refractivity contribution in [1.82, 2.24) is 14.9 Å². The Morgan fingerprint density at radius 1 is 1.55 bits per heavy atom. The van der Waals surface area contributed by atoms with Gasteiger partial charge in [-0.05, 0) is 34.8 Å². The van der Waals surface area contributed by atoms with E-state index in [9.17, 15) is 9.18 Å². The number of imidazole rings is 1. The molecule has 1 aliphatic heterocycles. The summed E-state index contributed by atoms with van der Waals surface area (Å²) in [5, 5.41) is 2.83. The second-order valence-corrected chi connectivity index (χ2v) is 5.86. The van der Waals surface area contributed by atoms with Gasteiger partial charge in [0.25, 0.3) is 0 Å². The first-order valence-electron chi connectivity index (χ1n) is 6.31. The average Bonchev–Trinajstić information content (AvgIpc) is 2.77. The zero-order valence-corrected chi connectivity index (χ0v) is 12.8. The lowest BCUT2D eigenvalue weighted by Crippen LogP contribution is -2.38. The molecule has 0 saturated carbocycles. The number of amides is 1. The molecular formula is C13H12BrClFN3O. The molecule has 0 spiro atoms. The molecule has 0 aliphatic carbocycles. The van der Waals surface area contributed by atoms with Crippen LogP contribution in [0.2, 0.25) is 0 Å². The van der Waals surface area contributed by atoms with E-state index in [0.717, 1.165) is 6.42 Å². The lowest BCUT2D eigenvalue weighted by atomic mass is 10.1. The first-order chi connectivity index (χ1) is 9.61. The van der Waals surface area contributed by atoms with E-state index in [0.29, 0.717) is 34.3 Å². The van der Waals surface area contributed by atoms with Gasteiger partial charge in [0.2, 0.25) is 5.91 Å².